The summed E-state index contributed by atoms with van der Waals surface area (Å²) in [7, 11) is 0. The molecule has 0 aliphatic carbocycles. The average Bonchev–Trinajstić information content (AvgIpc) is 2.22. The number of amides is 1. The second-order valence-corrected chi connectivity index (χ2v) is 3.98. The third-order valence-electron chi connectivity index (χ3n) is 2.64. The molecule has 0 unspecified atom stereocenters. The van der Waals surface area contributed by atoms with Crippen LogP contribution >= 0.6 is 12.4 Å². The first-order valence-corrected chi connectivity index (χ1v) is 5.30. The Morgan fingerprint density at radius 3 is 2.94 bits per heavy atom. The van der Waals surface area contributed by atoms with Crippen molar-refractivity contribution >= 4 is 18.3 Å². The zero-order valence-electron chi connectivity index (χ0n) is 9.40. The van der Waals surface area contributed by atoms with E-state index >= 15 is 0 Å². The van der Waals surface area contributed by atoms with Gasteiger partial charge < -0.3 is 10.2 Å². The molecule has 0 aromatic heterocycles. The van der Waals surface area contributed by atoms with Gasteiger partial charge in [-0.15, -0.1) is 12.4 Å². The summed E-state index contributed by atoms with van der Waals surface area (Å²) in [4.78, 5) is 13.5. The average molecular weight is 241 g/mol. The highest BCUT2D eigenvalue weighted by molar-refractivity contribution is 5.85. The first kappa shape index (κ1) is 13.0. The fraction of sp³-hybridized carbons (Fsp3) is 0.417. The van der Waals surface area contributed by atoms with Crippen LogP contribution in [0.25, 0.3) is 0 Å². The Labute approximate surface area is 102 Å². The van der Waals surface area contributed by atoms with Gasteiger partial charge in [0.05, 0.1) is 6.54 Å². The highest BCUT2D eigenvalue weighted by Crippen LogP contribution is 2.08. The molecular weight excluding hydrogens is 224 g/mol. The number of carbonyl (C=O) groups excluding carboxylic acids is 1. The maximum Gasteiger partial charge on any atom is 0.236 e. The van der Waals surface area contributed by atoms with Crippen LogP contribution in [0.15, 0.2) is 24.3 Å². The molecule has 1 amide bonds. The summed E-state index contributed by atoms with van der Waals surface area (Å²) in [5.41, 5.74) is 2.46. The maximum atomic E-state index is 11.5. The monoisotopic (exact) mass is 240 g/mol. The van der Waals surface area contributed by atoms with Crippen molar-refractivity contribution in [2.75, 3.05) is 19.6 Å². The van der Waals surface area contributed by atoms with Gasteiger partial charge >= 0.3 is 0 Å². The van der Waals surface area contributed by atoms with Crippen molar-refractivity contribution in [2.24, 2.45) is 0 Å². The molecule has 1 aromatic rings. The number of rotatable bonds is 2. The Morgan fingerprint density at radius 1 is 1.44 bits per heavy atom. The van der Waals surface area contributed by atoms with Crippen LogP contribution in [-0.4, -0.2) is 30.4 Å². The van der Waals surface area contributed by atoms with Crippen LogP contribution in [0.2, 0.25) is 0 Å². The van der Waals surface area contributed by atoms with E-state index in [1.54, 1.807) is 0 Å². The Hall–Kier alpha value is -1.06. The molecule has 3 nitrogen and oxygen atoms in total. The van der Waals surface area contributed by atoms with Gasteiger partial charge in [0.15, 0.2) is 0 Å². The number of hydrogen-bond acceptors (Lipinski definition) is 2. The van der Waals surface area contributed by atoms with Crippen molar-refractivity contribution in [1.29, 1.82) is 0 Å². The van der Waals surface area contributed by atoms with E-state index in [0.29, 0.717) is 6.54 Å². The van der Waals surface area contributed by atoms with Gasteiger partial charge in [0, 0.05) is 19.6 Å². The van der Waals surface area contributed by atoms with Crippen LogP contribution in [0, 0.1) is 6.92 Å². The zero-order chi connectivity index (χ0) is 10.7. The summed E-state index contributed by atoms with van der Waals surface area (Å²) < 4.78 is 0. The first-order chi connectivity index (χ1) is 7.25. The van der Waals surface area contributed by atoms with Gasteiger partial charge in [0.2, 0.25) is 5.91 Å². The second kappa shape index (κ2) is 5.87. The van der Waals surface area contributed by atoms with E-state index < -0.39 is 0 Å². The molecule has 1 saturated heterocycles. The minimum absolute atomic E-state index is 0. The van der Waals surface area contributed by atoms with Crippen LogP contribution in [0.5, 0.6) is 0 Å². The van der Waals surface area contributed by atoms with Crippen molar-refractivity contribution in [3.63, 3.8) is 0 Å². The van der Waals surface area contributed by atoms with Crippen molar-refractivity contribution < 1.29 is 4.79 Å². The van der Waals surface area contributed by atoms with E-state index in [9.17, 15) is 4.79 Å². The van der Waals surface area contributed by atoms with Gasteiger partial charge in [0.1, 0.15) is 0 Å². The molecule has 0 bridgehead atoms. The minimum Gasteiger partial charge on any atom is -0.336 e. The predicted molar refractivity (Wildman–Crippen MR) is 66.7 cm³/mol. The molecule has 1 heterocycles. The number of hydrogen-bond donors (Lipinski definition) is 1. The standard InChI is InChI=1S/C12H16N2O.ClH/c1-10-3-2-4-11(7-10)9-14-6-5-13-8-12(14)15;/h2-4,7,13H,5-6,8-9H2,1H3;1H. The summed E-state index contributed by atoms with van der Waals surface area (Å²) in [5.74, 6) is 0.197. The largest absolute Gasteiger partial charge is 0.336 e. The summed E-state index contributed by atoms with van der Waals surface area (Å²) in [6.07, 6.45) is 0. The van der Waals surface area contributed by atoms with Crippen LogP contribution in [-0.2, 0) is 11.3 Å². The molecule has 2 rings (SSSR count). The SMILES string of the molecule is Cc1cccc(CN2CCNCC2=O)c1.Cl. The minimum atomic E-state index is 0. The third-order valence-corrected chi connectivity index (χ3v) is 2.64. The summed E-state index contributed by atoms with van der Waals surface area (Å²) in [6, 6.07) is 8.32. The van der Waals surface area contributed by atoms with Gasteiger partial charge in [-0.1, -0.05) is 29.8 Å². The van der Waals surface area contributed by atoms with E-state index in [1.165, 1.54) is 11.1 Å². The Bertz CT molecular complexity index is 368. The summed E-state index contributed by atoms with van der Waals surface area (Å²) in [5, 5.41) is 3.07. The summed E-state index contributed by atoms with van der Waals surface area (Å²) >= 11 is 0. The van der Waals surface area contributed by atoms with E-state index in [-0.39, 0.29) is 18.3 Å². The lowest BCUT2D eigenvalue weighted by molar-refractivity contribution is -0.132. The predicted octanol–water partition coefficient (Wildman–Crippen LogP) is 1.35. The number of piperazine rings is 1. The number of nitrogens with zero attached hydrogens (tertiary/aromatic N) is 1. The van der Waals surface area contributed by atoms with Crippen molar-refractivity contribution in [1.82, 2.24) is 10.2 Å². The fourth-order valence-corrected chi connectivity index (χ4v) is 1.84. The first-order valence-electron chi connectivity index (χ1n) is 5.30. The van der Waals surface area contributed by atoms with E-state index in [0.717, 1.165) is 19.6 Å². The Balaban J connectivity index is 0.00000128. The van der Waals surface area contributed by atoms with Gasteiger partial charge in [-0.3, -0.25) is 4.79 Å². The zero-order valence-corrected chi connectivity index (χ0v) is 10.2. The van der Waals surface area contributed by atoms with Gasteiger partial charge in [0.25, 0.3) is 0 Å². The molecular formula is C12H17ClN2O. The number of nitrogens with one attached hydrogen (secondary N) is 1. The number of benzene rings is 1. The van der Waals surface area contributed by atoms with E-state index in [2.05, 4.69) is 30.4 Å². The van der Waals surface area contributed by atoms with E-state index in [4.69, 9.17) is 0 Å². The van der Waals surface area contributed by atoms with Crippen molar-refractivity contribution in [3.05, 3.63) is 35.4 Å². The quantitative estimate of drug-likeness (QED) is 0.847. The molecule has 0 saturated carbocycles. The molecule has 1 aliphatic rings. The molecule has 0 atom stereocenters. The van der Waals surface area contributed by atoms with Crippen LogP contribution in [0.4, 0.5) is 0 Å². The molecule has 0 radical (unpaired) electrons. The van der Waals surface area contributed by atoms with Crippen molar-refractivity contribution in [3.8, 4) is 0 Å². The molecule has 4 heteroatoms. The molecule has 1 aliphatic heterocycles. The maximum absolute atomic E-state index is 11.5. The van der Waals surface area contributed by atoms with Gasteiger partial charge in [-0.2, -0.15) is 0 Å². The lowest BCUT2D eigenvalue weighted by Crippen LogP contribution is -2.47. The second-order valence-electron chi connectivity index (χ2n) is 3.98. The lowest BCUT2D eigenvalue weighted by Gasteiger charge is -2.27. The Kier molecular flexibility index (Phi) is 4.77. The van der Waals surface area contributed by atoms with Gasteiger partial charge in [-0.25, -0.2) is 0 Å². The van der Waals surface area contributed by atoms with E-state index in [1.807, 2.05) is 11.0 Å². The molecule has 16 heavy (non-hydrogen) atoms. The number of carbonyl (C=O) groups is 1. The smallest absolute Gasteiger partial charge is 0.236 e. The van der Waals surface area contributed by atoms with Crippen LogP contribution in [0.1, 0.15) is 11.1 Å². The normalized spacial score (nSPS) is 15.8. The third kappa shape index (κ3) is 3.22. The highest BCUT2D eigenvalue weighted by Gasteiger charge is 2.17. The topological polar surface area (TPSA) is 32.3 Å². The molecule has 1 aromatic carbocycles. The van der Waals surface area contributed by atoms with Crippen LogP contribution in [0.3, 0.4) is 0 Å². The molecule has 1 fully saturated rings. The van der Waals surface area contributed by atoms with Crippen LogP contribution < -0.4 is 5.32 Å². The highest BCUT2D eigenvalue weighted by atomic mass is 35.5. The number of aryl methyl sites for hydroxylation is 1. The lowest BCUT2D eigenvalue weighted by atomic mass is 10.1. The fourth-order valence-electron chi connectivity index (χ4n) is 1.84. The van der Waals surface area contributed by atoms with Gasteiger partial charge in [-0.05, 0) is 12.5 Å². The Morgan fingerprint density at radius 2 is 2.25 bits per heavy atom. The molecule has 0 spiro atoms. The number of halogens is 1. The van der Waals surface area contributed by atoms with Crippen molar-refractivity contribution in [2.45, 2.75) is 13.5 Å². The molecule has 88 valence electrons. The summed E-state index contributed by atoms with van der Waals surface area (Å²) in [6.45, 7) is 5.00. The molecule has 1 N–H and O–H groups in total.